The Morgan fingerprint density at radius 2 is 2.38 bits per heavy atom. The first kappa shape index (κ1) is 7.79. The minimum atomic E-state index is 0.414. The third kappa shape index (κ3) is 1.26. The second kappa shape index (κ2) is 2.90. The molecule has 4 nitrogen and oxygen atoms in total. The Bertz CT molecular complexity index is 448. The van der Waals surface area contributed by atoms with Gasteiger partial charge in [-0.3, -0.25) is 9.48 Å². The number of benzene rings is 1. The van der Waals surface area contributed by atoms with Crippen LogP contribution < -0.4 is 4.74 Å². The average Bonchev–Trinajstić information content (AvgIpc) is 2.48. The van der Waals surface area contributed by atoms with Gasteiger partial charge in [0, 0.05) is 12.4 Å². The molecule has 0 bridgehead atoms. The lowest BCUT2D eigenvalue weighted by atomic mass is 10.2. The molecule has 0 amide bonds. The normalized spacial score (nSPS) is 10.2. The fraction of sp³-hybridized carbons (Fsp3) is 0.111. The van der Waals surface area contributed by atoms with Crippen LogP contribution >= 0.6 is 0 Å². The molecule has 1 aromatic carbocycles. The molecule has 0 radical (unpaired) electrons. The standard InChI is InChI=1S/C9H8N2O2/c1-11-9-3-2-8(13-6-12)4-7(9)5-10-11/h2-6H,1H3. The molecule has 66 valence electrons. The zero-order valence-corrected chi connectivity index (χ0v) is 7.10. The summed E-state index contributed by atoms with van der Waals surface area (Å²) < 4.78 is 6.47. The lowest BCUT2D eigenvalue weighted by Gasteiger charge is -1.97. The molecule has 0 saturated carbocycles. The van der Waals surface area contributed by atoms with Crippen LogP contribution in [0.4, 0.5) is 0 Å². The van der Waals surface area contributed by atoms with Crippen molar-refractivity contribution in [3.63, 3.8) is 0 Å². The highest BCUT2D eigenvalue weighted by Crippen LogP contribution is 2.19. The molecule has 0 spiro atoms. The second-order valence-corrected chi connectivity index (χ2v) is 2.70. The smallest absolute Gasteiger partial charge is 0.298 e. The summed E-state index contributed by atoms with van der Waals surface area (Å²) in [5.74, 6) is 0.538. The molecule has 0 aliphatic heterocycles. The predicted octanol–water partition coefficient (Wildman–Crippen LogP) is 1.11. The summed E-state index contributed by atoms with van der Waals surface area (Å²) in [6.07, 6.45) is 1.73. The third-order valence-electron chi connectivity index (χ3n) is 1.90. The van der Waals surface area contributed by atoms with Gasteiger partial charge in [0.15, 0.2) is 0 Å². The SMILES string of the molecule is Cn1ncc2cc(OC=O)ccc21. The Morgan fingerprint density at radius 3 is 3.15 bits per heavy atom. The first-order valence-electron chi connectivity index (χ1n) is 3.83. The maximum Gasteiger partial charge on any atom is 0.298 e. The third-order valence-corrected chi connectivity index (χ3v) is 1.90. The van der Waals surface area contributed by atoms with Crippen molar-refractivity contribution in [2.75, 3.05) is 0 Å². The lowest BCUT2D eigenvalue weighted by Crippen LogP contribution is -1.90. The molecule has 1 aromatic heterocycles. The van der Waals surface area contributed by atoms with Gasteiger partial charge in [0.2, 0.25) is 0 Å². The van der Waals surface area contributed by atoms with Gasteiger partial charge in [-0.1, -0.05) is 0 Å². The molecule has 13 heavy (non-hydrogen) atoms. The molecule has 2 rings (SSSR count). The quantitative estimate of drug-likeness (QED) is 0.644. The van der Waals surface area contributed by atoms with E-state index < -0.39 is 0 Å². The highest BCUT2D eigenvalue weighted by atomic mass is 16.5. The Kier molecular flexibility index (Phi) is 1.73. The number of fused-ring (bicyclic) bond motifs is 1. The molecule has 4 heteroatoms. The van der Waals surface area contributed by atoms with E-state index in [1.165, 1.54) is 0 Å². The van der Waals surface area contributed by atoms with Crippen LogP contribution in [0.5, 0.6) is 5.75 Å². The zero-order chi connectivity index (χ0) is 9.26. The molecular weight excluding hydrogens is 168 g/mol. The maximum absolute atomic E-state index is 10.1. The van der Waals surface area contributed by atoms with Gasteiger partial charge >= 0.3 is 0 Å². The molecule has 0 aliphatic rings. The molecule has 0 unspecified atom stereocenters. The number of hydrogen-bond acceptors (Lipinski definition) is 3. The second-order valence-electron chi connectivity index (χ2n) is 2.70. The summed E-state index contributed by atoms with van der Waals surface area (Å²) in [4.78, 5) is 10.1. The molecule has 2 aromatic rings. The Hall–Kier alpha value is -1.84. The van der Waals surface area contributed by atoms with Gasteiger partial charge in [0.25, 0.3) is 6.47 Å². The van der Waals surface area contributed by atoms with Gasteiger partial charge in [-0.2, -0.15) is 5.10 Å². The van der Waals surface area contributed by atoms with Crippen molar-refractivity contribution in [3.05, 3.63) is 24.4 Å². The van der Waals surface area contributed by atoms with Gasteiger partial charge in [-0.25, -0.2) is 0 Å². The van der Waals surface area contributed by atoms with Crippen molar-refractivity contribution < 1.29 is 9.53 Å². The van der Waals surface area contributed by atoms with E-state index in [1.807, 2.05) is 13.1 Å². The van der Waals surface area contributed by atoms with Crippen molar-refractivity contribution >= 4 is 17.4 Å². The van der Waals surface area contributed by atoms with Crippen molar-refractivity contribution in [1.29, 1.82) is 0 Å². The van der Waals surface area contributed by atoms with Crippen LogP contribution in [0, 0.1) is 0 Å². The van der Waals surface area contributed by atoms with Gasteiger partial charge in [-0.15, -0.1) is 0 Å². The van der Waals surface area contributed by atoms with Crippen LogP contribution in [-0.2, 0) is 11.8 Å². The van der Waals surface area contributed by atoms with E-state index in [0.29, 0.717) is 12.2 Å². The van der Waals surface area contributed by atoms with Crippen LogP contribution in [0.25, 0.3) is 10.9 Å². The highest BCUT2D eigenvalue weighted by molar-refractivity contribution is 5.80. The minimum absolute atomic E-state index is 0.414. The van der Waals surface area contributed by atoms with Crippen LogP contribution in [0.15, 0.2) is 24.4 Å². The molecule has 0 aliphatic carbocycles. The largest absolute Gasteiger partial charge is 0.429 e. The van der Waals surface area contributed by atoms with E-state index in [0.717, 1.165) is 10.9 Å². The molecule has 1 heterocycles. The van der Waals surface area contributed by atoms with Gasteiger partial charge in [-0.05, 0) is 18.2 Å². The van der Waals surface area contributed by atoms with Crippen LogP contribution in [0.3, 0.4) is 0 Å². The number of nitrogens with zero attached hydrogens (tertiary/aromatic N) is 2. The molecule has 0 saturated heterocycles. The van der Waals surface area contributed by atoms with Crippen molar-refractivity contribution in [2.24, 2.45) is 7.05 Å². The number of rotatable bonds is 2. The number of carbonyl (C=O) groups excluding carboxylic acids is 1. The molecule has 0 fully saturated rings. The number of aromatic nitrogens is 2. The van der Waals surface area contributed by atoms with Gasteiger partial charge < -0.3 is 4.74 Å². The van der Waals surface area contributed by atoms with Gasteiger partial charge in [0.1, 0.15) is 5.75 Å². The van der Waals surface area contributed by atoms with Crippen LogP contribution in [0.1, 0.15) is 0 Å². The summed E-state index contributed by atoms with van der Waals surface area (Å²) in [7, 11) is 1.86. The topological polar surface area (TPSA) is 44.1 Å². The van der Waals surface area contributed by atoms with Crippen LogP contribution in [0.2, 0.25) is 0 Å². The first-order valence-corrected chi connectivity index (χ1v) is 3.83. The lowest BCUT2D eigenvalue weighted by molar-refractivity contribution is -0.120. The van der Waals surface area contributed by atoms with E-state index in [9.17, 15) is 4.79 Å². The Labute approximate surface area is 74.7 Å². The number of aryl methyl sites for hydroxylation is 1. The van der Waals surface area contributed by atoms with Crippen molar-refractivity contribution in [3.8, 4) is 5.75 Å². The monoisotopic (exact) mass is 176 g/mol. The number of ether oxygens (including phenoxy) is 1. The van der Waals surface area contributed by atoms with Crippen molar-refractivity contribution in [1.82, 2.24) is 9.78 Å². The van der Waals surface area contributed by atoms with E-state index in [4.69, 9.17) is 4.74 Å². The van der Waals surface area contributed by atoms with E-state index in [-0.39, 0.29) is 0 Å². The summed E-state index contributed by atoms with van der Waals surface area (Å²) >= 11 is 0. The minimum Gasteiger partial charge on any atom is -0.429 e. The number of hydrogen-bond donors (Lipinski definition) is 0. The average molecular weight is 176 g/mol. The zero-order valence-electron chi connectivity index (χ0n) is 7.10. The van der Waals surface area contributed by atoms with E-state index in [2.05, 4.69) is 5.10 Å². The number of carbonyl (C=O) groups is 1. The fourth-order valence-electron chi connectivity index (χ4n) is 1.27. The Morgan fingerprint density at radius 1 is 1.54 bits per heavy atom. The molecule has 0 N–H and O–H groups in total. The van der Waals surface area contributed by atoms with E-state index in [1.54, 1.807) is 23.0 Å². The molecule has 0 atom stereocenters. The van der Waals surface area contributed by atoms with Crippen molar-refractivity contribution in [2.45, 2.75) is 0 Å². The first-order chi connectivity index (χ1) is 6.31. The van der Waals surface area contributed by atoms with Crippen LogP contribution in [-0.4, -0.2) is 16.3 Å². The Balaban J connectivity index is 2.56. The van der Waals surface area contributed by atoms with Gasteiger partial charge in [0.05, 0.1) is 11.7 Å². The highest BCUT2D eigenvalue weighted by Gasteiger charge is 2.00. The fourth-order valence-corrected chi connectivity index (χ4v) is 1.27. The van der Waals surface area contributed by atoms with E-state index >= 15 is 0 Å². The molecular formula is C9H8N2O2. The maximum atomic E-state index is 10.1. The summed E-state index contributed by atoms with van der Waals surface area (Å²) in [5.41, 5.74) is 1.01. The summed E-state index contributed by atoms with van der Waals surface area (Å²) in [6.45, 7) is 0.414. The predicted molar refractivity (Wildman–Crippen MR) is 47.4 cm³/mol. The summed E-state index contributed by atoms with van der Waals surface area (Å²) in [5, 5.41) is 5.03. The summed E-state index contributed by atoms with van der Waals surface area (Å²) in [6, 6.07) is 5.37.